The summed E-state index contributed by atoms with van der Waals surface area (Å²) in [6, 6.07) is 13.0. The van der Waals surface area contributed by atoms with Crippen LogP contribution < -0.4 is 4.74 Å². The van der Waals surface area contributed by atoms with Crippen LogP contribution in [0.5, 0.6) is 5.75 Å². The molecule has 5 aromatic rings. The van der Waals surface area contributed by atoms with Crippen molar-refractivity contribution in [2.75, 3.05) is 0 Å². The van der Waals surface area contributed by atoms with Crippen LogP contribution in [-0.2, 0) is 12.8 Å². The van der Waals surface area contributed by atoms with Gasteiger partial charge >= 0.3 is 6.18 Å². The average molecular weight is 506 g/mol. The van der Waals surface area contributed by atoms with Gasteiger partial charge in [0.15, 0.2) is 0 Å². The molecule has 37 heavy (non-hydrogen) atoms. The van der Waals surface area contributed by atoms with E-state index in [4.69, 9.17) is 9.26 Å². The van der Waals surface area contributed by atoms with Crippen molar-refractivity contribution < 1.29 is 22.4 Å². The summed E-state index contributed by atoms with van der Waals surface area (Å²) in [5.74, 6) is -0.0774. The normalized spacial score (nSPS) is 14.5. The Hall–Kier alpha value is -4.28. The molecule has 0 aliphatic heterocycles. The second kappa shape index (κ2) is 9.30. The van der Waals surface area contributed by atoms with Crippen LogP contribution in [0.2, 0.25) is 0 Å². The predicted molar refractivity (Wildman–Crippen MR) is 127 cm³/mol. The standard InChI is InChI=1S/C26H21F3N6O2/c27-26(28,29)20-12-17(8-10-23(20)36-15-16-4-3-11-30-14-16)24-31-25(37-33-24)18-7-9-22-21(13-18)32-34-35(22)19-5-1-2-6-19/h3-4,7-14,19H,1-2,5-6,15H2. The average Bonchev–Trinajstić information content (AvgIpc) is 3.68. The van der Waals surface area contributed by atoms with E-state index in [1.54, 1.807) is 24.4 Å². The minimum Gasteiger partial charge on any atom is -0.488 e. The molecule has 2 aromatic carbocycles. The van der Waals surface area contributed by atoms with Gasteiger partial charge in [0.2, 0.25) is 5.82 Å². The molecule has 11 heteroatoms. The number of hydrogen-bond donors (Lipinski definition) is 0. The number of benzene rings is 2. The monoisotopic (exact) mass is 506 g/mol. The maximum absolute atomic E-state index is 13.8. The molecule has 3 heterocycles. The fourth-order valence-electron chi connectivity index (χ4n) is 4.61. The number of halogens is 3. The summed E-state index contributed by atoms with van der Waals surface area (Å²) in [7, 11) is 0. The van der Waals surface area contributed by atoms with Crippen molar-refractivity contribution in [3.8, 4) is 28.6 Å². The third kappa shape index (κ3) is 4.64. The lowest BCUT2D eigenvalue weighted by Gasteiger charge is -2.14. The molecule has 1 saturated carbocycles. The number of nitrogens with zero attached hydrogens (tertiary/aromatic N) is 6. The van der Waals surface area contributed by atoms with E-state index in [1.807, 2.05) is 16.8 Å². The first-order valence-electron chi connectivity index (χ1n) is 11.9. The van der Waals surface area contributed by atoms with Crippen LogP contribution in [0.3, 0.4) is 0 Å². The minimum atomic E-state index is -4.64. The Labute approximate surface area is 209 Å². The second-order valence-corrected chi connectivity index (χ2v) is 8.96. The molecule has 1 aliphatic rings. The van der Waals surface area contributed by atoms with Gasteiger partial charge in [0, 0.05) is 29.1 Å². The lowest BCUT2D eigenvalue weighted by molar-refractivity contribution is -0.139. The van der Waals surface area contributed by atoms with Crippen molar-refractivity contribution in [2.24, 2.45) is 0 Å². The van der Waals surface area contributed by atoms with Gasteiger partial charge in [-0.2, -0.15) is 18.2 Å². The van der Waals surface area contributed by atoms with E-state index in [1.165, 1.54) is 31.2 Å². The van der Waals surface area contributed by atoms with Crippen LogP contribution in [0, 0.1) is 0 Å². The summed E-state index contributed by atoms with van der Waals surface area (Å²) in [6.07, 6.45) is 3.01. The SMILES string of the molecule is FC(F)(F)c1cc(-c2noc(-c3ccc4c(c3)nnn4C3CCCC3)n2)ccc1OCc1cccnc1. The highest BCUT2D eigenvalue weighted by atomic mass is 19.4. The largest absolute Gasteiger partial charge is 0.488 e. The van der Waals surface area contributed by atoms with Gasteiger partial charge in [-0.1, -0.05) is 29.3 Å². The van der Waals surface area contributed by atoms with Crippen LogP contribution >= 0.6 is 0 Å². The van der Waals surface area contributed by atoms with Crippen molar-refractivity contribution in [2.45, 2.75) is 44.5 Å². The number of hydrogen-bond acceptors (Lipinski definition) is 7. The Morgan fingerprint density at radius 3 is 2.65 bits per heavy atom. The van der Waals surface area contributed by atoms with Gasteiger partial charge in [-0.15, -0.1) is 5.10 Å². The maximum Gasteiger partial charge on any atom is 0.419 e. The van der Waals surface area contributed by atoms with E-state index in [9.17, 15) is 13.2 Å². The van der Waals surface area contributed by atoms with E-state index in [0.717, 1.165) is 24.4 Å². The van der Waals surface area contributed by atoms with Gasteiger partial charge in [-0.25, -0.2) is 4.68 Å². The van der Waals surface area contributed by atoms with E-state index in [2.05, 4.69) is 25.4 Å². The molecule has 0 spiro atoms. The van der Waals surface area contributed by atoms with Gasteiger partial charge in [0.25, 0.3) is 5.89 Å². The third-order valence-electron chi connectivity index (χ3n) is 6.47. The first kappa shape index (κ1) is 23.1. The highest BCUT2D eigenvalue weighted by Gasteiger charge is 2.35. The summed E-state index contributed by atoms with van der Waals surface area (Å²) in [6.45, 7) is -0.0452. The van der Waals surface area contributed by atoms with E-state index >= 15 is 0 Å². The van der Waals surface area contributed by atoms with Crippen molar-refractivity contribution >= 4 is 11.0 Å². The number of pyridine rings is 1. The van der Waals surface area contributed by atoms with Crippen LogP contribution in [0.4, 0.5) is 13.2 Å². The third-order valence-corrected chi connectivity index (χ3v) is 6.47. The second-order valence-electron chi connectivity index (χ2n) is 8.96. The zero-order valence-electron chi connectivity index (χ0n) is 19.5. The zero-order valence-corrected chi connectivity index (χ0v) is 19.5. The molecule has 6 rings (SSSR count). The number of rotatable bonds is 6. The van der Waals surface area contributed by atoms with Crippen LogP contribution in [0.15, 0.2) is 65.4 Å². The number of aromatic nitrogens is 6. The molecule has 188 valence electrons. The zero-order chi connectivity index (χ0) is 25.4. The molecule has 0 unspecified atom stereocenters. The van der Waals surface area contributed by atoms with Gasteiger partial charge in [-0.05, 0) is 55.3 Å². The minimum absolute atomic E-state index is 0.0361. The summed E-state index contributed by atoms with van der Waals surface area (Å²) in [5.41, 5.74) is 2.11. The first-order valence-corrected chi connectivity index (χ1v) is 11.9. The summed E-state index contributed by atoms with van der Waals surface area (Å²) >= 11 is 0. The smallest absolute Gasteiger partial charge is 0.419 e. The highest BCUT2D eigenvalue weighted by Crippen LogP contribution is 2.39. The molecule has 0 atom stereocenters. The molecule has 0 N–H and O–H groups in total. The summed E-state index contributed by atoms with van der Waals surface area (Å²) in [5, 5.41) is 12.5. The molecular formula is C26H21F3N6O2. The fraction of sp³-hybridized carbons (Fsp3) is 0.269. The van der Waals surface area contributed by atoms with Gasteiger partial charge in [-0.3, -0.25) is 4.98 Å². The number of fused-ring (bicyclic) bond motifs is 1. The predicted octanol–water partition coefficient (Wildman–Crippen LogP) is 6.26. The van der Waals surface area contributed by atoms with E-state index in [0.29, 0.717) is 22.7 Å². The molecular weight excluding hydrogens is 485 g/mol. The maximum atomic E-state index is 13.8. The van der Waals surface area contributed by atoms with Crippen LogP contribution in [0.1, 0.15) is 42.9 Å². The first-order chi connectivity index (χ1) is 18.0. The Morgan fingerprint density at radius 2 is 1.86 bits per heavy atom. The molecule has 3 aromatic heterocycles. The quantitative estimate of drug-likeness (QED) is 0.269. The molecule has 1 fully saturated rings. The Kier molecular flexibility index (Phi) is 5.82. The van der Waals surface area contributed by atoms with Crippen molar-refractivity contribution in [3.63, 3.8) is 0 Å². The number of ether oxygens (including phenoxy) is 1. The lowest BCUT2D eigenvalue weighted by Crippen LogP contribution is -2.09. The van der Waals surface area contributed by atoms with E-state index in [-0.39, 0.29) is 29.6 Å². The van der Waals surface area contributed by atoms with Crippen LogP contribution in [0.25, 0.3) is 33.9 Å². The molecule has 0 amide bonds. The Balaban J connectivity index is 1.27. The Bertz CT molecular complexity index is 1540. The molecule has 0 radical (unpaired) electrons. The van der Waals surface area contributed by atoms with Crippen molar-refractivity contribution in [3.05, 3.63) is 72.1 Å². The highest BCUT2D eigenvalue weighted by molar-refractivity contribution is 5.80. The molecule has 0 saturated heterocycles. The topological polar surface area (TPSA) is 91.8 Å². The van der Waals surface area contributed by atoms with Crippen molar-refractivity contribution in [1.82, 2.24) is 30.1 Å². The van der Waals surface area contributed by atoms with Gasteiger partial charge < -0.3 is 9.26 Å². The molecule has 1 aliphatic carbocycles. The molecule has 0 bridgehead atoms. The fourth-order valence-corrected chi connectivity index (χ4v) is 4.61. The number of alkyl halides is 3. The summed E-state index contributed by atoms with van der Waals surface area (Å²) in [4.78, 5) is 8.29. The van der Waals surface area contributed by atoms with Crippen molar-refractivity contribution in [1.29, 1.82) is 0 Å². The Morgan fingerprint density at radius 1 is 1.03 bits per heavy atom. The van der Waals surface area contributed by atoms with E-state index < -0.39 is 11.7 Å². The summed E-state index contributed by atoms with van der Waals surface area (Å²) < 4.78 is 54.3. The van der Waals surface area contributed by atoms with Gasteiger partial charge in [0.1, 0.15) is 17.9 Å². The lowest BCUT2D eigenvalue weighted by atomic mass is 10.1. The van der Waals surface area contributed by atoms with Gasteiger partial charge in [0.05, 0.1) is 17.1 Å². The van der Waals surface area contributed by atoms with Crippen LogP contribution in [-0.4, -0.2) is 30.1 Å². The molecule has 8 nitrogen and oxygen atoms in total.